The molecule has 150 valence electrons. The van der Waals surface area contributed by atoms with Gasteiger partial charge in [0.15, 0.2) is 9.84 Å². The Morgan fingerprint density at radius 3 is 2.41 bits per heavy atom. The minimum Gasteiger partial charge on any atom is -0.489 e. The third-order valence-electron chi connectivity index (χ3n) is 4.42. The maximum absolute atomic E-state index is 11.9. The number of hydrogen-bond donors (Lipinski definition) is 1. The van der Waals surface area contributed by atoms with Gasteiger partial charge in [-0.05, 0) is 54.3 Å². The Kier molecular flexibility index (Phi) is 6.29. The predicted molar refractivity (Wildman–Crippen MR) is 109 cm³/mol. The number of pyridine rings is 1. The van der Waals surface area contributed by atoms with E-state index in [0.717, 1.165) is 11.1 Å². The number of sulfone groups is 1. The van der Waals surface area contributed by atoms with Gasteiger partial charge in [0.05, 0.1) is 10.5 Å². The average Bonchev–Trinajstić information content (AvgIpc) is 2.71. The first-order valence-corrected chi connectivity index (χ1v) is 10.9. The van der Waals surface area contributed by atoms with Gasteiger partial charge in [0.2, 0.25) is 0 Å². The smallest absolute Gasteiger partial charge is 0.337 e. The van der Waals surface area contributed by atoms with E-state index >= 15 is 0 Å². The Bertz CT molecular complexity index is 1090. The molecule has 1 aromatic heterocycles. The average molecular weight is 411 g/mol. The molecule has 0 radical (unpaired) electrons. The lowest BCUT2D eigenvalue weighted by molar-refractivity contribution is 0.0696. The topological polar surface area (TPSA) is 93.6 Å². The Morgan fingerprint density at radius 2 is 1.79 bits per heavy atom. The normalized spacial score (nSPS) is 11.2. The van der Waals surface area contributed by atoms with E-state index in [-0.39, 0.29) is 10.5 Å². The van der Waals surface area contributed by atoms with Crippen molar-refractivity contribution in [3.63, 3.8) is 0 Å². The van der Waals surface area contributed by atoms with E-state index in [9.17, 15) is 13.2 Å². The summed E-state index contributed by atoms with van der Waals surface area (Å²) in [7, 11) is -3.34. The van der Waals surface area contributed by atoms with Crippen molar-refractivity contribution >= 4 is 15.8 Å². The molecule has 0 aliphatic heterocycles. The van der Waals surface area contributed by atoms with Gasteiger partial charge < -0.3 is 9.84 Å². The van der Waals surface area contributed by atoms with Crippen LogP contribution in [0.4, 0.5) is 0 Å². The summed E-state index contributed by atoms with van der Waals surface area (Å²) in [6, 6.07) is 17.7. The monoisotopic (exact) mass is 411 g/mol. The van der Waals surface area contributed by atoms with Crippen LogP contribution in [0.25, 0.3) is 0 Å². The molecule has 0 bridgehead atoms. The van der Waals surface area contributed by atoms with Gasteiger partial charge in [0.1, 0.15) is 12.4 Å². The van der Waals surface area contributed by atoms with Crippen molar-refractivity contribution in [3.05, 3.63) is 89.2 Å². The summed E-state index contributed by atoms with van der Waals surface area (Å²) >= 11 is 0. The molecule has 0 unspecified atom stereocenters. The van der Waals surface area contributed by atoms with Crippen molar-refractivity contribution in [1.82, 2.24) is 4.98 Å². The summed E-state index contributed by atoms with van der Waals surface area (Å²) in [5.41, 5.74) is 2.61. The number of aryl methyl sites for hydroxylation is 2. The van der Waals surface area contributed by atoms with Crippen LogP contribution in [0, 0.1) is 0 Å². The van der Waals surface area contributed by atoms with Crippen LogP contribution < -0.4 is 4.74 Å². The molecule has 0 spiro atoms. The number of carboxylic acids is 1. The van der Waals surface area contributed by atoms with Crippen molar-refractivity contribution in [3.8, 4) is 5.75 Å². The number of hydrogen-bond acceptors (Lipinski definition) is 5. The summed E-state index contributed by atoms with van der Waals surface area (Å²) in [5, 5.41) is 8.97. The van der Waals surface area contributed by atoms with Gasteiger partial charge in [0, 0.05) is 18.1 Å². The summed E-state index contributed by atoms with van der Waals surface area (Å²) in [5.74, 6) is -0.412. The first-order chi connectivity index (χ1) is 13.8. The standard InChI is InChI=1S/C22H21NO5S/c1-29(26,27)20-11-12-21(28-15-16-5-3-2-4-6-16)17(13-20)7-9-19-10-8-18(14-23-19)22(24)25/h2-6,8,10-14H,7,9,15H2,1H3,(H,24,25). The van der Waals surface area contributed by atoms with Crippen LogP contribution in [0.3, 0.4) is 0 Å². The lowest BCUT2D eigenvalue weighted by Gasteiger charge is -2.13. The second-order valence-corrected chi connectivity index (χ2v) is 8.68. The number of aromatic nitrogens is 1. The van der Waals surface area contributed by atoms with Gasteiger partial charge in [-0.1, -0.05) is 30.3 Å². The molecule has 0 aliphatic rings. The quantitative estimate of drug-likeness (QED) is 0.609. The third kappa shape index (κ3) is 5.65. The first-order valence-electron chi connectivity index (χ1n) is 9.01. The predicted octanol–water partition coefficient (Wildman–Crippen LogP) is 3.55. The number of rotatable bonds is 8. The molecule has 7 heteroatoms. The fourth-order valence-electron chi connectivity index (χ4n) is 2.82. The van der Waals surface area contributed by atoms with E-state index in [2.05, 4.69) is 4.98 Å². The third-order valence-corrected chi connectivity index (χ3v) is 5.53. The molecule has 0 amide bonds. The van der Waals surface area contributed by atoms with Crippen molar-refractivity contribution in [2.45, 2.75) is 24.3 Å². The highest BCUT2D eigenvalue weighted by Crippen LogP contribution is 2.25. The minimum absolute atomic E-state index is 0.125. The molecule has 0 saturated heterocycles. The van der Waals surface area contributed by atoms with Gasteiger partial charge in [-0.2, -0.15) is 0 Å². The van der Waals surface area contributed by atoms with E-state index in [4.69, 9.17) is 9.84 Å². The van der Waals surface area contributed by atoms with E-state index in [0.29, 0.717) is 30.9 Å². The zero-order valence-electron chi connectivity index (χ0n) is 15.9. The van der Waals surface area contributed by atoms with Gasteiger partial charge in [0.25, 0.3) is 0 Å². The molecule has 6 nitrogen and oxygen atoms in total. The zero-order chi connectivity index (χ0) is 20.9. The highest BCUT2D eigenvalue weighted by Gasteiger charge is 2.13. The van der Waals surface area contributed by atoms with E-state index < -0.39 is 15.8 Å². The molecule has 2 aromatic carbocycles. The highest BCUT2D eigenvalue weighted by atomic mass is 32.2. The number of benzene rings is 2. The summed E-state index contributed by atoms with van der Waals surface area (Å²) < 4.78 is 29.8. The summed E-state index contributed by atoms with van der Waals surface area (Å²) in [6.45, 7) is 0.373. The Balaban J connectivity index is 1.80. The van der Waals surface area contributed by atoms with Gasteiger partial charge in [-0.25, -0.2) is 13.2 Å². The number of nitrogens with zero attached hydrogens (tertiary/aromatic N) is 1. The van der Waals surface area contributed by atoms with Crippen LogP contribution in [0.1, 0.15) is 27.2 Å². The van der Waals surface area contributed by atoms with Gasteiger partial charge in [-0.15, -0.1) is 0 Å². The Morgan fingerprint density at radius 1 is 1.03 bits per heavy atom. The zero-order valence-corrected chi connectivity index (χ0v) is 16.7. The molecule has 29 heavy (non-hydrogen) atoms. The van der Waals surface area contributed by atoms with Crippen LogP contribution >= 0.6 is 0 Å². The summed E-state index contributed by atoms with van der Waals surface area (Å²) in [6.07, 6.45) is 3.52. The molecular weight excluding hydrogens is 390 g/mol. The lowest BCUT2D eigenvalue weighted by atomic mass is 10.1. The van der Waals surface area contributed by atoms with Crippen molar-refractivity contribution in [2.75, 3.05) is 6.26 Å². The van der Waals surface area contributed by atoms with Crippen molar-refractivity contribution in [1.29, 1.82) is 0 Å². The van der Waals surface area contributed by atoms with E-state index in [1.165, 1.54) is 18.5 Å². The second kappa shape index (κ2) is 8.87. The highest BCUT2D eigenvalue weighted by molar-refractivity contribution is 7.90. The van der Waals surface area contributed by atoms with Crippen LogP contribution in [0.2, 0.25) is 0 Å². The van der Waals surface area contributed by atoms with Gasteiger partial charge >= 0.3 is 5.97 Å². The van der Waals surface area contributed by atoms with Crippen LogP contribution in [-0.2, 0) is 29.3 Å². The number of aromatic carboxylic acids is 1. The fourth-order valence-corrected chi connectivity index (χ4v) is 3.49. The lowest BCUT2D eigenvalue weighted by Crippen LogP contribution is -2.04. The number of carboxylic acid groups (broad SMARTS) is 1. The molecule has 1 heterocycles. The number of carbonyl (C=O) groups is 1. The summed E-state index contributed by atoms with van der Waals surface area (Å²) in [4.78, 5) is 15.3. The SMILES string of the molecule is CS(=O)(=O)c1ccc(OCc2ccccc2)c(CCc2ccc(C(=O)O)cn2)c1. The van der Waals surface area contributed by atoms with Crippen LogP contribution in [0.5, 0.6) is 5.75 Å². The molecule has 0 aliphatic carbocycles. The molecule has 0 saturated carbocycles. The fraction of sp³-hybridized carbons (Fsp3) is 0.182. The molecule has 0 atom stereocenters. The molecule has 3 aromatic rings. The molecule has 3 rings (SSSR count). The van der Waals surface area contributed by atoms with E-state index in [1.54, 1.807) is 24.3 Å². The minimum atomic E-state index is -3.34. The molecule has 1 N–H and O–H groups in total. The maximum Gasteiger partial charge on any atom is 0.337 e. The maximum atomic E-state index is 11.9. The molecular formula is C22H21NO5S. The van der Waals surface area contributed by atoms with E-state index in [1.807, 2.05) is 30.3 Å². The molecule has 0 fully saturated rings. The largest absolute Gasteiger partial charge is 0.489 e. The first kappa shape index (κ1) is 20.5. The van der Waals surface area contributed by atoms with Crippen molar-refractivity contribution < 1.29 is 23.1 Å². The van der Waals surface area contributed by atoms with Crippen molar-refractivity contribution in [2.24, 2.45) is 0 Å². The second-order valence-electron chi connectivity index (χ2n) is 6.66. The van der Waals surface area contributed by atoms with Gasteiger partial charge in [-0.3, -0.25) is 4.98 Å². The van der Waals surface area contributed by atoms with Crippen LogP contribution in [-0.4, -0.2) is 30.7 Å². The van der Waals surface area contributed by atoms with Crippen LogP contribution in [0.15, 0.2) is 71.8 Å². The number of ether oxygens (including phenoxy) is 1. The Labute approximate surface area is 169 Å². The Hall–Kier alpha value is -3.19.